The standard InChI is InChI=1S/C11H21NO/c1-8(2)11(13)6-9-4-5-10(7-11)12(9)3/h8-10,13H,4-7H2,1-3H3. The number of aliphatic hydroxyl groups is 1. The highest BCUT2D eigenvalue weighted by atomic mass is 16.3. The van der Waals surface area contributed by atoms with Gasteiger partial charge in [-0.25, -0.2) is 0 Å². The Balaban J connectivity index is 2.14. The molecule has 76 valence electrons. The van der Waals surface area contributed by atoms with Crippen LogP contribution >= 0.6 is 0 Å². The third-order valence-electron chi connectivity index (χ3n) is 4.24. The van der Waals surface area contributed by atoms with Crippen molar-refractivity contribution in [2.75, 3.05) is 7.05 Å². The minimum absolute atomic E-state index is 0.377. The fourth-order valence-electron chi connectivity index (χ4n) is 2.95. The molecule has 0 amide bonds. The van der Waals surface area contributed by atoms with E-state index >= 15 is 0 Å². The summed E-state index contributed by atoms with van der Waals surface area (Å²) in [6.45, 7) is 4.29. The maximum atomic E-state index is 10.4. The van der Waals surface area contributed by atoms with Crippen LogP contribution in [0.1, 0.15) is 39.5 Å². The first kappa shape index (κ1) is 9.47. The highest BCUT2D eigenvalue weighted by molar-refractivity contribution is 5.01. The Hall–Kier alpha value is -0.0800. The molecule has 2 nitrogen and oxygen atoms in total. The molecule has 0 radical (unpaired) electrons. The molecule has 2 unspecified atom stereocenters. The Kier molecular flexibility index (Phi) is 2.16. The van der Waals surface area contributed by atoms with Gasteiger partial charge in [-0.05, 0) is 38.6 Å². The molecular formula is C11H21NO. The molecule has 2 bridgehead atoms. The van der Waals surface area contributed by atoms with Gasteiger partial charge in [-0.2, -0.15) is 0 Å². The van der Waals surface area contributed by atoms with E-state index in [2.05, 4.69) is 25.8 Å². The molecule has 0 spiro atoms. The van der Waals surface area contributed by atoms with Gasteiger partial charge in [-0.15, -0.1) is 0 Å². The van der Waals surface area contributed by atoms with Crippen LogP contribution in [0.3, 0.4) is 0 Å². The van der Waals surface area contributed by atoms with Crippen molar-refractivity contribution in [2.24, 2.45) is 5.92 Å². The summed E-state index contributed by atoms with van der Waals surface area (Å²) in [5.41, 5.74) is -0.377. The zero-order valence-electron chi connectivity index (χ0n) is 8.95. The number of hydrogen-bond acceptors (Lipinski definition) is 2. The van der Waals surface area contributed by atoms with Crippen molar-refractivity contribution in [3.8, 4) is 0 Å². The molecule has 2 aliphatic heterocycles. The van der Waals surface area contributed by atoms with Crippen molar-refractivity contribution in [1.29, 1.82) is 0 Å². The van der Waals surface area contributed by atoms with Gasteiger partial charge < -0.3 is 10.0 Å². The molecule has 0 aromatic carbocycles. The van der Waals surface area contributed by atoms with Gasteiger partial charge in [-0.1, -0.05) is 13.8 Å². The van der Waals surface area contributed by atoms with Crippen molar-refractivity contribution < 1.29 is 5.11 Å². The van der Waals surface area contributed by atoms with Crippen molar-refractivity contribution in [2.45, 2.75) is 57.2 Å². The topological polar surface area (TPSA) is 23.5 Å². The SMILES string of the molecule is CC(C)C1(O)CC2CCC(C1)N2C. The molecule has 2 rings (SSSR count). The van der Waals surface area contributed by atoms with Crippen LogP contribution in [0.5, 0.6) is 0 Å². The molecule has 0 saturated carbocycles. The van der Waals surface area contributed by atoms with E-state index in [0.717, 1.165) is 12.8 Å². The number of nitrogens with zero attached hydrogens (tertiary/aromatic N) is 1. The summed E-state index contributed by atoms with van der Waals surface area (Å²) in [6, 6.07) is 1.29. The first-order valence-corrected chi connectivity index (χ1v) is 5.47. The smallest absolute Gasteiger partial charge is 0.0700 e. The van der Waals surface area contributed by atoms with Gasteiger partial charge in [0.25, 0.3) is 0 Å². The Bertz CT molecular complexity index is 188. The van der Waals surface area contributed by atoms with Crippen LogP contribution < -0.4 is 0 Å². The van der Waals surface area contributed by atoms with Gasteiger partial charge in [-0.3, -0.25) is 0 Å². The van der Waals surface area contributed by atoms with Crippen LogP contribution in [-0.4, -0.2) is 34.7 Å². The summed E-state index contributed by atoms with van der Waals surface area (Å²) in [4.78, 5) is 2.47. The van der Waals surface area contributed by atoms with Gasteiger partial charge in [0.05, 0.1) is 5.60 Å². The lowest BCUT2D eigenvalue weighted by Gasteiger charge is -2.44. The molecule has 2 atom stereocenters. The monoisotopic (exact) mass is 183 g/mol. The van der Waals surface area contributed by atoms with Gasteiger partial charge in [0.2, 0.25) is 0 Å². The lowest BCUT2D eigenvalue weighted by molar-refractivity contribution is -0.0763. The molecule has 2 heteroatoms. The molecule has 2 heterocycles. The minimum Gasteiger partial charge on any atom is -0.390 e. The van der Waals surface area contributed by atoms with Crippen molar-refractivity contribution in [3.05, 3.63) is 0 Å². The van der Waals surface area contributed by atoms with E-state index in [0.29, 0.717) is 18.0 Å². The van der Waals surface area contributed by atoms with E-state index in [9.17, 15) is 5.11 Å². The molecule has 2 saturated heterocycles. The fourth-order valence-corrected chi connectivity index (χ4v) is 2.95. The van der Waals surface area contributed by atoms with Crippen LogP contribution in [0.2, 0.25) is 0 Å². The molecule has 0 aromatic heterocycles. The normalized spacial score (nSPS) is 45.9. The average molecular weight is 183 g/mol. The number of piperidine rings is 1. The maximum Gasteiger partial charge on any atom is 0.0700 e. The second kappa shape index (κ2) is 2.96. The van der Waals surface area contributed by atoms with Crippen LogP contribution in [0.15, 0.2) is 0 Å². The first-order valence-electron chi connectivity index (χ1n) is 5.47. The van der Waals surface area contributed by atoms with E-state index in [1.54, 1.807) is 0 Å². The number of rotatable bonds is 1. The largest absolute Gasteiger partial charge is 0.390 e. The molecule has 1 N–H and O–H groups in total. The molecule has 0 aromatic rings. The van der Waals surface area contributed by atoms with Crippen molar-refractivity contribution in [3.63, 3.8) is 0 Å². The number of hydrogen-bond donors (Lipinski definition) is 1. The Labute approximate surface area is 80.9 Å². The Morgan fingerprint density at radius 2 is 1.69 bits per heavy atom. The zero-order valence-corrected chi connectivity index (χ0v) is 8.95. The third kappa shape index (κ3) is 1.40. The van der Waals surface area contributed by atoms with Gasteiger partial charge in [0, 0.05) is 12.1 Å². The fraction of sp³-hybridized carbons (Fsp3) is 1.00. The second-order valence-electron chi connectivity index (χ2n) is 5.22. The summed E-state index contributed by atoms with van der Waals surface area (Å²) in [5, 5.41) is 10.4. The van der Waals surface area contributed by atoms with Gasteiger partial charge in [0.15, 0.2) is 0 Å². The summed E-state index contributed by atoms with van der Waals surface area (Å²) in [6.07, 6.45) is 4.54. The second-order valence-corrected chi connectivity index (χ2v) is 5.22. The number of fused-ring (bicyclic) bond motifs is 2. The Morgan fingerprint density at radius 3 is 2.08 bits per heavy atom. The summed E-state index contributed by atoms with van der Waals surface area (Å²) in [7, 11) is 2.21. The lowest BCUT2D eigenvalue weighted by atomic mass is 9.78. The van der Waals surface area contributed by atoms with Crippen LogP contribution in [-0.2, 0) is 0 Å². The predicted molar refractivity (Wildman–Crippen MR) is 53.6 cm³/mol. The third-order valence-corrected chi connectivity index (χ3v) is 4.24. The lowest BCUT2D eigenvalue weighted by Crippen LogP contribution is -2.51. The quantitative estimate of drug-likeness (QED) is 0.668. The molecule has 13 heavy (non-hydrogen) atoms. The summed E-state index contributed by atoms with van der Waals surface area (Å²) in [5.74, 6) is 0.407. The van der Waals surface area contributed by atoms with Crippen molar-refractivity contribution in [1.82, 2.24) is 4.90 Å². The summed E-state index contributed by atoms with van der Waals surface area (Å²) >= 11 is 0. The Morgan fingerprint density at radius 1 is 1.23 bits per heavy atom. The van der Waals surface area contributed by atoms with Gasteiger partial charge in [0.1, 0.15) is 0 Å². The highest BCUT2D eigenvalue weighted by Crippen LogP contribution is 2.42. The molecule has 2 fully saturated rings. The van der Waals surface area contributed by atoms with Crippen LogP contribution in [0, 0.1) is 5.92 Å². The van der Waals surface area contributed by atoms with E-state index < -0.39 is 0 Å². The van der Waals surface area contributed by atoms with E-state index in [-0.39, 0.29) is 5.60 Å². The predicted octanol–water partition coefficient (Wildman–Crippen LogP) is 1.63. The first-order chi connectivity index (χ1) is 6.03. The van der Waals surface area contributed by atoms with E-state index in [4.69, 9.17) is 0 Å². The van der Waals surface area contributed by atoms with Crippen LogP contribution in [0.4, 0.5) is 0 Å². The molecule has 0 aliphatic carbocycles. The minimum atomic E-state index is -0.377. The van der Waals surface area contributed by atoms with E-state index in [1.165, 1.54) is 12.8 Å². The highest BCUT2D eigenvalue weighted by Gasteiger charge is 2.47. The average Bonchev–Trinajstić information content (AvgIpc) is 2.33. The molecular weight excluding hydrogens is 162 g/mol. The van der Waals surface area contributed by atoms with E-state index in [1.807, 2.05) is 0 Å². The summed E-state index contributed by atoms with van der Waals surface area (Å²) < 4.78 is 0. The van der Waals surface area contributed by atoms with Gasteiger partial charge >= 0.3 is 0 Å². The van der Waals surface area contributed by atoms with Crippen molar-refractivity contribution >= 4 is 0 Å². The zero-order chi connectivity index (χ0) is 9.64. The van der Waals surface area contributed by atoms with Crippen LogP contribution in [0.25, 0.3) is 0 Å². The maximum absolute atomic E-state index is 10.4. The molecule has 2 aliphatic rings.